The minimum absolute atomic E-state index is 0.192. The maximum atomic E-state index is 13.7. The molecule has 0 N–H and O–H groups in total. The van der Waals surface area contributed by atoms with Crippen LogP contribution in [0.25, 0.3) is 0 Å². The van der Waals surface area contributed by atoms with Crippen molar-refractivity contribution in [2.45, 2.75) is 44.6 Å². The summed E-state index contributed by atoms with van der Waals surface area (Å²) in [6, 6.07) is 5.32. The summed E-state index contributed by atoms with van der Waals surface area (Å²) < 4.78 is 24.2. The summed E-state index contributed by atoms with van der Waals surface area (Å²) in [7, 11) is 1.64. The van der Waals surface area contributed by atoms with Crippen molar-refractivity contribution in [3.8, 4) is 5.75 Å². The third-order valence-corrected chi connectivity index (χ3v) is 5.67. The van der Waals surface area contributed by atoms with E-state index in [9.17, 15) is 9.18 Å². The number of nitrogens with zero attached hydrogens (tertiary/aromatic N) is 2. The average Bonchev–Trinajstić information content (AvgIpc) is 2.68. The Balaban J connectivity index is 1.52. The van der Waals surface area contributed by atoms with Crippen LogP contribution in [0.15, 0.2) is 18.2 Å². The summed E-state index contributed by atoms with van der Waals surface area (Å²) in [5, 5.41) is 0. The number of carbonyl (C=O) groups excluding carboxylic acids is 1. The lowest BCUT2D eigenvalue weighted by Crippen LogP contribution is -2.48. The van der Waals surface area contributed by atoms with E-state index < -0.39 is 0 Å². The van der Waals surface area contributed by atoms with Gasteiger partial charge in [-0.1, -0.05) is 0 Å². The second-order valence-corrected chi connectivity index (χ2v) is 7.11. The van der Waals surface area contributed by atoms with Gasteiger partial charge in [0.2, 0.25) is 0 Å². The molecule has 3 rings (SSSR count). The Bertz CT molecular complexity index is 609. The zero-order valence-corrected chi connectivity index (χ0v) is 15.7. The van der Waals surface area contributed by atoms with Crippen LogP contribution in [0.2, 0.25) is 0 Å². The zero-order chi connectivity index (χ0) is 18.5. The van der Waals surface area contributed by atoms with Gasteiger partial charge < -0.3 is 19.3 Å². The van der Waals surface area contributed by atoms with Crippen molar-refractivity contribution in [1.82, 2.24) is 9.80 Å². The highest BCUT2D eigenvalue weighted by atomic mass is 19.1. The first kappa shape index (κ1) is 19.0. The third-order valence-electron chi connectivity index (χ3n) is 5.67. The van der Waals surface area contributed by atoms with Crippen molar-refractivity contribution in [1.29, 1.82) is 0 Å². The lowest BCUT2D eigenvalue weighted by molar-refractivity contribution is 0.0662. The van der Waals surface area contributed by atoms with E-state index in [2.05, 4.69) is 4.90 Å². The standard InChI is InChI=1S/C20H29FN2O3/c1-3-26-20(24)23-12-8-17(9-13-23)22-10-6-15(7-11-22)18-14-16(21)4-5-19(18)25-2/h4-5,14-15,17H,3,6-13H2,1-2H3. The third kappa shape index (κ3) is 4.29. The number of ether oxygens (including phenoxy) is 2. The van der Waals surface area contributed by atoms with Crippen LogP contribution < -0.4 is 4.74 Å². The average molecular weight is 364 g/mol. The Hall–Kier alpha value is -1.82. The first-order chi connectivity index (χ1) is 12.6. The fraction of sp³-hybridized carbons (Fsp3) is 0.650. The number of benzene rings is 1. The molecule has 2 aliphatic rings. The molecule has 0 atom stereocenters. The number of amides is 1. The van der Waals surface area contributed by atoms with Gasteiger partial charge in [0.1, 0.15) is 11.6 Å². The summed E-state index contributed by atoms with van der Waals surface area (Å²) in [6.07, 6.45) is 3.82. The molecule has 1 aromatic rings. The number of hydrogen-bond acceptors (Lipinski definition) is 4. The number of rotatable bonds is 4. The Morgan fingerprint density at radius 2 is 1.85 bits per heavy atom. The van der Waals surface area contributed by atoms with Gasteiger partial charge in [-0.15, -0.1) is 0 Å². The van der Waals surface area contributed by atoms with Crippen molar-refractivity contribution < 1.29 is 18.7 Å². The largest absolute Gasteiger partial charge is 0.496 e. The Labute approximate surface area is 155 Å². The first-order valence-corrected chi connectivity index (χ1v) is 9.61. The van der Waals surface area contributed by atoms with Crippen LogP contribution in [0.4, 0.5) is 9.18 Å². The van der Waals surface area contributed by atoms with Crippen molar-refractivity contribution in [2.24, 2.45) is 0 Å². The molecular formula is C20H29FN2O3. The van der Waals surface area contributed by atoms with Gasteiger partial charge in [-0.05, 0) is 69.8 Å². The number of hydrogen-bond donors (Lipinski definition) is 0. The van der Waals surface area contributed by atoms with Crippen molar-refractivity contribution in [3.63, 3.8) is 0 Å². The topological polar surface area (TPSA) is 42.0 Å². The van der Waals surface area contributed by atoms with Gasteiger partial charge in [-0.25, -0.2) is 9.18 Å². The molecule has 0 saturated carbocycles. The molecule has 2 saturated heterocycles. The van der Waals surface area contributed by atoms with E-state index in [4.69, 9.17) is 9.47 Å². The normalized spacial score (nSPS) is 20.2. The van der Waals surface area contributed by atoms with E-state index in [1.165, 1.54) is 6.07 Å². The number of methoxy groups -OCH3 is 1. The van der Waals surface area contributed by atoms with E-state index in [1.807, 2.05) is 11.8 Å². The van der Waals surface area contributed by atoms with Gasteiger partial charge in [0.15, 0.2) is 0 Å². The van der Waals surface area contributed by atoms with E-state index in [0.717, 1.165) is 63.2 Å². The maximum Gasteiger partial charge on any atom is 0.409 e. The van der Waals surface area contributed by atoms with Crippen LogP contribution in [0.3, 0.4) is 0 Å². The van der Waals surface area contributed by atoms with Crippen LogP contribution in [0, 0.1) is 5.82 Å². The minimum atomic E-state index is -0.199. The smallest absolute Gasteiger partial charge is 0.409 e. The lowest BCUT2D eigenvalue weighted by atomic mass is 9.87. The summed E-state index contributed by atoms with van der Waals surface area (Å²) in [5.74, 6) is 0.929. The molecule has 2 fully saturated rings. The fourth-order valence-corrected chi connectivity index (χ4v) is 4.23. The van der Waals surface area contributed by atoms with Crippen molar-refractivity contribution in [2.75, 3.05) is 39.9 Å². The van der Waals surface area contributed by atoms with Crippen LogP contribution in [0.5, 0.6) is 5.75 Å². The first-order valence-electron chi connectivity index (χ1n) is 9.61. The van der Waals surface area contributed by atoms with Crippen molar-refractivity contribution >= 4 is 6.09 Å². The number of carbonyl (C=O) groups is 1. The molecule has 2 aliphatic heterocycles. The summed E-state index contributed by atoms with van der Waals surface area (Å²) >= 11 is 0. The zero-order valence-electron chi connectivity index (χ0n) is 15.7. The molecule has 0 spiro atoms. The van der Waals surface area contributed by atoms with Gasteiger partial charge in [0, 0.05) is 24.7 Å². The van der Waals surface area contributed by atoms with E-state index >= 15 is 0 Å². The van der Waals surface area contributed by atoms with Gasteiger partial charge in [0.05, 0.1) is 13.7 Å². The predicted molar refractivity (Wildman–Crippen MR) is 98.1 cm³/mol. The number of likely N-dealkylation sites (tertiary alicyclic amines) is 2. The molecular weight excluding hydrogens is 335 g/mol. The quantitative estimate of drug-likeness (QED) is 0.818. The molecule has 1 aromatic carbocycles. The highest BCUT2D eigenvalue weighted by Crippen LogP contribution is 2.36. The maximum absolute atomic E-state index is 13.7. The predicted octanol–water partition coefficient (Wildman–Crippen LogP) is 3.63. The molecule has 144 valence electrons. The molecule has 5 nitrogen and oxygen atoms in total. The van der Waals surface area contributed by atoms with Gasteiger partial charge in [-0.3, -0.25) is 0 Å². The molecule has 0 aromatic heterocycles. The highest BCUT2D eigenvalue weighted by Gasteiger charge is 2.31. The van der Waals surface area contributed by atoms with E-state index in [0.29, 0.717) is 18.6 Å². The molecule has 0 radical (unpaired) electrons. The van der Waals surface area contributed by atoms with Crippen LogP contribution in [-0.2, 0) is 4.74 Å². The summed E-state index contributed by atoms with van der Waals surface area (Å²) in [4.78, 5) is 16.2. The SMILES string of the molecule is CCOC(=O)N1CCC(N2CCC(c3cc(F)ccc3OC)CC2)CC1. The Kier molecular flexibility index (Phi) is 6.35. The molecule has 1 amide bonds. The Morgan fingerprint density at radius 3 is 2.46 bits per heavy atom. The molecule has 0 bridgehead atoms. The molecule has 0 aliphatic carbocycles. The number of halogens is 1. The molecule has 6 heteroatoms. The van der Waals surface area contributed by atoms with Crippen molar-refractivity contribution in [3.05, 3.63) is 29.6 Å². The minimum Gasteiger partial charge on any atom is -0.496 e. The fourth-order valence-electron chi connectivity index (χ4n) is 4.23. The second kappa shape index (κ2) is 8.71. The second-order valence-electron chi connectivity index (χ2n) is 7.11. The molecule has 0 unspecified atom stereocenters. The summed E-state index contributed by atoms with van der Waals surface area (Å²) in [5.41, 5.74) is 0.990. The lowest BCUT2D eigenvalue weighted by Gasteiger charge is -2.41. The van der Waals surface area contributed by atoms with Crippen LogP contribution in [0.1, 0.15) is 44.1 Å². The van der Waals surface area contributed by atoms with Crippen LogP contribution in [-0.4, -0.2) is 61.8 Å². The monoisotopic (exact) mass is 364 g/mol. The molecule has 2 heterocycles. The number of piperidine rings is 2. The van der Waals surface area contributed by atoms with E-state index in [1.54, 1.807) is 19.2 Å². The molecule has 26 heavy (non-hydrogen) atoms. The summed E-state index contributed by atoms with van der Waals surface area (Å²) in [6.45, 7) is 5.81. The van der Waals surface area contributed by atoms with Gasteiger partial charge in [-0.2, -0.15) is 0 Å². The van der Waals surface area contributed by atoms with Gasteiger partial charge >= 0.3 is 6.09 Å². The van der Waals surface area contributed by atoms with Gasteiger partial charge in [0.25, 0.3) is 0 Å². The van der Waals surface area contributed by atoms with E-state index in [-0.39, 0.29) is 11.9 Å². The highest BCUT2D eigenvalue weighted by molar-refractivity contribution is 5.67. The Morgan fingerprint density at radius 1 is 1.15 bits per heavy atom. The van der Waals surface area contributed by atoms with Crippen LogP contribution >= 0.6 is 0 Å².